The summed E-state index contributed by atoms with van der Waals surface area (Å²) in [6.07, 6.45) is 1.60. The monoisotopic (exact) mass is 281 g/mol. The standard InChI is InChI=1S/C16H15N3O2/c1-11-7-8-13(19(11)2)10-17-18-16(20)15-9-12-5-3-4-6-14(12)21-15/h3-10H,1-2H3,(H,18,20)/b17-10-. The summed E-state index contributed by atoms with van der Waals surface area (Å²) in [7, 11) is 1.94. The van der Waals surface area contributed by atoms with E-state index in [1.165, 1.54) is 0 Å². The van der Waals surface area contributed by atoms with Gasteiger partial charge in [-0.15, -0.1) is 0 Å². The minimum atomic E-state index is -0.367. The average molecular weight is 281 g/mol. The normalized spacial score (nSPS) is 11.3. The van der Waals surface area contributed by atoms with Crippen molar-refractivity contribution in [3.8, 4) is 0 Å². The van der Waals surface area contributed by atoms with E-state index >= 15 is 0 Å². The fourth-order valence-corrected chi connectivity index (χ4v) is 2.07. The molecule has 0 aliphatic carbocycles. The molecule has 5 heteroatoms. The highest BCUT2D eigenvalue weighted by Gasteiger charge is 2.10. The number of hydrogen-bond acceptors (Lipinski definition) is 3. The summed E-state index contributed by atoms with van der Waals surface area (Å²) in [5.74, 6) is -0.121. The number of fused-ring (bicyclic) bond motifs is 1. The number of rotatable bonds is 3. The number of aromatic nitrogens is 1. The van der Waals surface area contributed by atoms with E-state index in [0.717, 1.165) is 16.8 Å². The summed E-state index contributed by atoms with van der Waals surface area (Å²) in [6.45, 7) is 2.00. The van der Waals surface area contributed by atoms with E-state index in [1.54, 1.807) is 12.3 Å². The highest BCUT2D eigenvalue weighted by atomic mass is 16.3. The predicted octanol–water partition coefficient (Wildman–Crippen LogP) is 2.84. The summed E-state index contributed by atoms with van der Waals surface area (Å²) < 4.78 is 7.45. The van der Waals surface area contributed by atoms with Crippen LogP contribution >= 0.6 is 0 Å². The van der Waals surface area contributed by atoms with Gasteiger partial charge in [-0.1, -0.05) is 18.2 Å². The summed E-state index contributed by atoms with van der Waals surface area (Å²) in [5.41, 5.74) is 5.19. The fourth-order valence-electron chi connectivity index (χ4n) is 2.07. The third-order valence-corrected chi connectivity index (χ3v) is 3.42. The number of amides is 1. The van der Waals surface area contributed by atoms with Crippen molar-refractivity contribution in [3.05, 3.63) is 59.6 Å². The lowest BCUT2D eigenvalue weighted by molar-refractivity contribution is 0.0929. The lowest BCUT2D eigenvalue weighted by atomic mass is 10.2. The maximum atomic E-state index is 12.0. The predicted molar refractivity (Wildman–Crippen MR) is 81.4 cm³/mol. The number of carbonyl (C=O) groups is 1. The Morgan fingerprint density at radius 2 is 2.10 bits per heavy atom. The van der Waals surface area contributed by atoms with Crippen LogP contribution in [0.3, 0.4) is 0 Å². The van der Waals surface area contributed by atoms with Gasteiger partial charge in [-0.2, -0.15) is 5.10 Å². The van der Waals surface area contributed by atoms with Crippen LogP contribution in [0.5, 0.6) is 0 Å². The van der Waals surface area contributed by atoms with Crippen LogP contribution in [0, 0.1) is 6.92 Å². The number of aryl methyl sites for hydroxylation is 1. The minimum absolute atomic E-state index is 0.247. The Bertz CT molecular complexity index is 794. The smallest absolute Gasteiger partial charge is 0.307 e. The van der Waals surface area contributed by atoms with Gasteiger partial charge in [0.15, 0.2) is 5.76 Å². The number of nitrogens with zero attached hydrogens (tertiary/aromatic N) is 2. The van der Waals surface area contributed by atoms with Gasteiger partial charge in [0.1, 0.15) is 5.58 Å². The molecule has 3 aromatic rings. The number of benzene rings is 1. The summed E-state index contributed by atoms with van der Waals surface area (Å²) in [5, 5.41) is 4.85. The van der Waals surface area contributed by atoms with Crippen molar-refractivity contribution in [1.29, 1.82) is 0 Å². The van der Waals surface area contributed by atoms with Gasteiger partial charge >= 0.3 is 5.91 Å². The van der Waals surface area contributed by atoms with Gasteiger partial charge in [-0.05, 0) is 31.2 Å². The maximum absolute atomic E-state index is 12.0. The molecule has 0 unspecified atom stereocenters. The molecule has 3 rings (SSSR count). The number of carbonyl (C=O) groups excluding carboxylic acids is 1. The molecule has 0 bridgehead atoms. The van der Waals surface area contributed by atoms with Crippen LogP contribution in [0.2, 0.25) is 0 Å². The molecule has 0 spiro atoms. The van der Waals surface area contributed by atoms with Crippen molar-refractivity contribution in [2.75, 3.05) is 0 Å². The summed E-state index contributed by atoms with van der Waals surface area (Å²) in [4.78, 5) is 12.0. The number of furan rings is 1. The molecule has 1 N–H and O–H groups in total. The highest BCUT2D eigenvalue weighted by Crippen LogP contribution is 2.18. The second-order valence-electron chi connectivity index (χ2n) is 4.81. The SMILES string of the molecule is Cc1ccc(/C=N\NC(=O)c2cc3ccccc3o2)n1C. The molecular formula is C16H15N3O2. The average Bonchev–Trinajstić information content (AvgIpc) is 3.05. The first kappa shape index (κ1) is 13.2. The molecule has 106 valence electrons. The Hall–Kier alpha value is -2.82. The van der Waals surface area contributed by atoms with E-state index in [9.17, 15) is 4.79 Å². The third kappa shape index (κ3) is 2.58. The lowest BCUT2D eigenvalue weighted by Gasteiger charge is -1.99. The topological polar surface area (TPSA) is 59.5 Å². The second-order valence-corrected chi connectivity index (χ2v) is 4.81. The number of nitrogens with one attached hydrogen (secondary N) is 1. The van der Waals surface area contributed by atoms with Crippen LogP contribution in [0.15, 0.2) is 52.0 Å². The van der Waals surface area contributed by atoms with Crippen molar-refractivity contribution in [3.63, 3.8) is 0 Å². The summed E-state index contributed by atoms with van der Waals surface area (Å²) >= 11 is 0. The number of hydrogen-bond donors (Lipinski definition) is 1. The molecule has 0 saturated heterocycles. The molecule has 2 aromatic heterocycles. The largest absolute Gasteiger partial charge is 0.451 e. The maximum Gasteiger partial charge on any atom is 0.307 e. The van der Waals surface area contributed by atoms with Crippen molar-refractivity contribution in [1.82, 2.24) is 9.99 Å². The van der Waals surface area contributed by atoms with Crippen molar-refractivity contribution >= 4 is 23.1 Å². The van der Waals surface area contributed by atoms with Gasteiger partial charge in [0.2, 0.25) is 0 Å². The van der Waals surface area contributed by atoms with Gasteiger partial charge in [0, 0.05) is 18.1 Å². The van der Waals surface area contributed by atoms with E-state index in [2.05, 4.69) is 10.5 Å². The molecule has 0 atom stereocenters. The molecular weight excluding hydrogens is 266 g/mol. The Morgan fingerprint density at radius 3 is 2.81 bits per heavy atom. The van der Waals surface area contributed by atoms with Crippen molar-refractivity contribution in [2.45, 2.75) is 6.92 Å². The zero-order valence-corrected chi connectivity index (χ0v) is 11.8. The van der Waals surface area contributed by atoms with E-state index in [4.69, 9.17) is 4.42 Å². The van der Waals surface area contributed by atoms with Crippen molar-refractivity contribution < 1.29 is 9.21 Å². The van der Waals surface area contributed by atoms with Crippen LogP contribution in [0.25, 0.3) is 11.0 Å². The minimum Gasteiger partial charge on any atom is -0.451 e. The molecule has 0 aliphatic rings. The third-order valence-electron chi connectivity index (χ3n) is 3.42. The Balaban J connectivity index is 1.73. The van der Waals surface area contributed by atoms with Gasteiger partial charge in [0.25, 0.3) is 0 Å². The van der Waals surface area contributed by atoms with Crippen molar-refractivity contribution in [2.24, 2.45) is 12.1 Å². The Morgan fingerprint density at radius 1 is 1.29 bits per heavy atom. The van der Waals surface area contributed by atoms with Gasteiger partial charge in [-0.3, -0.25) is 4.79 Å². The van der Waals surface area contributed by atoms with Gasteiger partial charge in [-0.25, -0.2) is 5.43 Å². The Labute approximate surface area is 121 Å². The van der Waals surface area contributed by atoms with Crippen LogP contribution in [-0.2, 0) is 7.05 Å². The zero-order valence-electron chi connectivity index (χ0n) is 11.8. The molecule has 0 aliphatic heterocycles. The van der Waals surface area contributed by atoms with Crippen LogP contribution in [0.4, 0.5) is 0 Å². The second kappa shape index (κ2) is 5.28. The molecule has 5 nitrogen and oxygen atoms in total. The lowest BCUT2D eigenvalue weighted by Crippen LogP contribution is -2.17. The molecule has 21 heavy (non-hydrogen) atoms. The molecule has 2 heterocycles. The first-order valence-electron chi connectivity index (χ1n) is 6.59. The van der Waals surface area contributed by atoms with Gasteiger partial charge in [0.05, 0.1) is 11.9 Å². The van der Waals surface area contributed by atoms with Gasteiger partial charge < -0.3 is 8.98 Å². The number of para-hydroxylation sites is 1. The van der Waals surface area contributed by atoms with Crippen LogP contribution in [0.1, 0.15) is 21.9 Å². The van der Waals surface area contributed by atoms with E-state index in [1.807, 2.05) is 54.9 Å². The molecule has 1 amide bonds. The molecule has 0 saturated carbocycles. The molecule has 1 aromatic carbocycles. The number of hydrazone groups is 1. The van der Waals surface area contributed by atoms with E-state index in [0.29, 0.717) is 5.58 Å². The first-order valence-corrected chi connectivity index (χ1v) is 6.59. The van der Waals surface area contributed by atoms with Crippen LogP contribution in [-0.4, -0.2) is 16.7 Å². The molecule has 0 radical (unpaired) electrons. The van der Waals surface area contributed by atoms with Crippen LogP contribution < -0.4 is 5.43 Å². The fraction of sp³-hybridized carbons (Fsp3) is 0.125. The van der Waals surface area contributed by atoms with E-state index < -0.39 is 0 Å². The molecule has 0 fully saturated rings. The summed E-state index contributed by atoms with van der Waals surface area (Å²) in [6, 6.07) is 13.1. The quantitative estimate of drug-likeness (QED) is 0.593. The zero-order chi connectivity index (χ0) is 14.8. The van der Waals surface area contributed by atoms with E-state index in [-0.39, 0.29) is 11.7 Å². The highest BCUT2D eigenvalue weighted by molar-refractivity contribution is 5.96. The Kier molecular flexibility index (Phi) is 3.31. The first-order chi connectivity index (χ1) is 10.1.